The minimum absolute atomic E-state index is 0.0977. The minimum atomic E-state index is -0.0977. The summed E-state index contributed by atoms with van der Waals surface area (Å²) in [7, 11) is 3.89. The van der Waals surface area contributed by atoms with Crippen molar-refractivity contribution in [2.24, 2.45) is 0 Å². The van der Waals surface area contributed by atoms with Gasteiger partial charge in [0, 0.05) is 19.6 Å². The molecule has 0 aromatic carbocycles. The first-order valence-electron chi connectivity index (χ1n) is 5.62. The molecule has 1 atom stereocenters. The van der Waals surface area contributed by atoms with Crippen LogP contribution >= 0.6 is 11.3 Å². The van der Waals surface area contributed by atoms with Crippen LogP contribution in [0.15, 0.2) is 0 Å². The number of hydrogen-bond acceptors (Lipinski definition) is 6. The van der Waals surface area contributed by atoms with Crippen LogP contribution in [-0.2, 0) is 0 Å². The molecule has 1 aromatic rings. The summed E-state index contributed by atoms with van der Waals surface area (Å²) < 4.78 is 0. The fraction of sp³-hybridized carbons (Fsp3) is 0.700. The zero-order valence-electron chi connectivity index (χ0n) is 10.1. The van der Waals surface area contributed by atoms with E-state index < -0.39 is 0 Å². The molecule has 0 bridgehead atoms. The average molecular weight is 255 g/mol. The third-order valence-electron chi connectivity index (χ3n) is 3.13. The molecular weight excluding hydrogens is 238 g/mol. The quantitative estimate of drug-likeness (QED) is 0.840. The lowest BCUT2D eigenvalue weighted by molar-refractivity contribution is 0.0760. The number of likely N-dealkylation sites (tertiary alicyclic amines) is 1. The van der Waals surface area contributed by atoms with Crippen molar-refractivity contribution in [2.75, 3.05) is 32.9 Å². The van der Waals surface area contributed by atoms with Crippen LogP contribution in [0.4, 0.5) is 5.13 Å². The van der Waals surface area contributed by atoms with Gasteiger partial charge >= 0.3 is 0 Å². The van der Waals surface area contributed by atoms with Crippen LogP contribution in [0.2, 0.25) is 0 Å². The van der Waals surface area contributed by atoms with Crippen LogP contribution in [-0.4, -0.2) is 59.1 Å². The van der Waals surface area contributed by atoms with Crippen LogP contribution < -0.4 is 5.73 Å². The van der Waals surface area contributed by atoms with Crippen molar-refractivity contribution in [1.82, 2.24) is 20.0 Å². The van der Waals surface area contributed by atoms with Crippen molar-refractivity contribution in [3.63, 3.8) is 0 Å². The van der Waals surface area contributed by atoms with Gasteiger partial charge in [0.1, 0.15) is 0 Å². The number of rotatable bonds is 3. The Morgan fingerprint density at radius 3 is 2.94 bits per heavy atom. The molecule has 1 amide bonds. The van der Waals surface area contributed by atoms with E-state index in [-0.39, 0.29) is 5.91 Å². The molecule has 1 aliphatic rings. The Kier molecular flexibility index (Phi) is 3.58. The van der Waals surface area contributed by atoms with Crippen LogP contribution in [0.3, 0.4) is 0 Å². The van der Waals surface area contributed by atoms with E-state index in [9.17, 15) is 4.79 Å². The molecule has 1 fully saturated rings. The van der Waals surface area contributed by atoms with Crippen LogP contribution in [0, 0.1) is 0 Å². The Balaban J connectivity index is 1.95. The zero-order chi connectivity index (χ0) is 12.4. The third kappa shape index (κ3) is 2.73. The number of carbonyl (C=O) groups excluding carboxylic acids is 1. The number of hydrogen-bond donors (Lipinski definition) is 1. The van der Waals surface area contributed by atoms with E-state index in [4.69, 9.17) is 5.73 Å². The molecule has 2 heterocycles. The molecule has 7 heteroatoms. The van der Waals surface area contributed by atoms with Gasteiger partial charge in [0.2, 0.25) is 10.1 Å². The number of amides is 1. The lowest BCUT2D eigenvalue weighted by atomic mass is 10.2. The molecule has 1 unspecified atom stereocenters. The van der Waals surface area contributed by atoms with Crippen molar-refractivity contribution in [1.29, 1.82) is 0 Å². The molecule has 0 radical (unpaired) electrons. The molecule has 0 spiro atoms. The van der Waals surface area contributed by atoms with Crippen LogP contribution in [0.1, 0.15) is 22.6 Å². The Labute approximate surface area is 104 Å². The molecule has 17 heavy (non-hydrogen) atoms. The van der Waals surface area contributed by atoms with Gasteiger partial charge in [-0.2, -0.15) is 0 Å². The smallest absolute Gasteiger partial charge is 0.284 e. The maximum Gasteiger partial charge on any atom is 0.284 e. The lowest BCUT2D eigenvalue weighted by Gasteiger charge is -2.25. The summed E-state index contributed by atoms with van der Waals surface area (Å²) in [5.41, 5.74) is 5.47. The number of aromatic nitrogens is 2. The predicted molar refractivity (Wildman–Crippen MR) is 66.9 cm³/mol. The van der Waals surface area contributed by atoms with Gasteiger partial charge in [-0.25, -0.2) is 0 Å². The van der Waals surface area contributed by atoms with E-state index in [1.54, 1.807) is 11.9 Å². The molecule has 2 rings (SSSR count). The van der Waals surface area contributed by atoms with E-state index in [0.29, 0.717) is 16.2 Å². The molecule has 1 aliphatic heterocycles. The van der Waals surface area contributed by atoms with Crippen molar-refractivity contribution in [2.45, 2.75) is 18.9 Å². The summed E-state index contributed by atoms with van der Waals surface area (Å²) in [6, 6.07) is 0.453. The number of likely N-dealkylation sites (N-methyl/N-ethyl adjacent to an activating group) is 2. The highest BCUT2D eigenvalue weighted by Gasteiger charge is 2.25. The average Bonchev–Trinajstić information content (AvgIpc) is 2.88. The zero-order valence-corrected chi connectivity index (χ0v) is 10.9. The van der Waals surface area contributed by atoms with Gasteiger partial charge in [-0.3, -0.25) is 4.79 Å². The standard InChI is InChI=1S/C10H17N5OS/c1-14-5-3-4-7(14)6-15(2)9(16)8-12-13-10(11)17-8/h7H,3-6H2,1-2H3,(H2,11,13). The fourth-order valence-corrected chi connectivity index (χ4v) is 2.70. The Morgan fingerprint density at radius 1 is 1.65 bits per heavy atom. The second kappa shape index (κ2) is 4.97. The fourth-order valence-electron chi connectivity index (χ4n) is 2.09. The van der Waals surface area contributed by atoms with Crippen molar-refractivity contribution < 1.29 is 4.79 Å². The van der Waals surface area contributed by atoms with E-state index >= 15 is 0 Å². The molecule has 1 saturated heterocycles. The third-order valence-corrected chi connectivity index (χ3v) is 3.87. The first kappa shape index (κ1) is 12.3. The lowest BCUT2D eigenvalue weighted by Crippen LogP contribution is -2.39. The van der Waals surface area contributed by atoms with E-state index in [1.165, 1.54) is 6.42 Å². The van der Waals surface area contributed by atoms with E-state index in [0.717, 1.165) is 30.8 Å². The summed E-state index contributed by atoms with van der Waals surface area (Å²) in [5.74, 6) is -0.0977. The molecule has 94 valence electrons. The molecule has 0 aliphatic carbocycles. The number of nitrogens with two attached hydrogens (primary N) is 1. The first-order chi connectivity index (χ1) is 8.08. The van der Waals surface area contributed by atoms with Gasteiger partial charge in [-0.15, -0.1) is 10.2 Å². The summed E-state index contributed by atoms with van der Waals surface area (Å²) in [5, 5.41) is 8.12. The molecular formula is C10H17N5OS. The Morgan fingerprint density at radius 2 is 2.41 bits per heavy atom. The number of carbonyl (C=O) groups is 1. The summed E-state index contributed by atoms with van der Waals surface area (Å²) >= 11 is 1.13. The SMILES string of the molecule is CN(CC1CCCN1C)C(=O)c1nnc(N)s1. The van der Waals surface area contributed by atoms with Gasteiger partial charge in [0.05, 0.1) is 0 Å². The van der Waals surface area contributed by atoms with Crippen molar-refractivity contribution in [3.8, 4) is 0 Å². The molecule has 0 saturated carbocycles. The van der Waals surface area contributed by atoms with Crippen molar-refractivity contribution >= 4 is 22.4 Å². The maximum atomic E-state index is 12.0. The number of anilines is 1. The van der Waals surface area contributed by atoms with Gasteiger partial charge in [-0.1, -0.05) is 11.3 Å². The summed E-state index contributed by atoms with van der Waals surface area (Å²) in [6.07, 6.45) is 2.35. The minimum Gasteiger partial charge on any atom is -0.374 e. The second-order valence-corrected chi connectivity index (χ2v) is 5.42. The maximum absolute atomic E-state index is 12.0. The number of nitrogen functional groups attached to an aromatic ring is 1. The van der Waals surface area contributed by atoms with Crippen molar-refractivity contribution in [3.05, 3.63) is 5.01 Å². The summed E-state index contributed by atoms with van der Waals surface area (Å²) in [4.78, 5) is 16.0. The molecule has 6 nitrogen and oxygen atoms in total. The Bertz CT molecular complexity index is 407. The van der Waals surface area contributed by atoms with Gasteiger partial charge in [0.15, 0.2) is 0 Å². The largest absolute Gasteiger partial charge is 0.374 e. The topological polar surface area (TPSA) is 75.3 Å². The van der Waals surface area contributed by atoms with Crippen LogP contribution in [0.25, 0.3) is 0 Å². The summed E-state index contributed by atoms with van der Waals surface area (Å²) in [6.45, 7) is 1.84. The van der Waals surface area contributed by atoms with Gasteiger partial charge < -0.3 is 15.5 Å². The number of nitrogens with zero attached hydrogens (tertiary/aromatic N) is 4. The Hall–Kier alpha value is -1.21. The molecule has 1 aromatic heterocycles. The highest BCUT2D eigenvalue weighted by molar-refractivity contribution is 7.16. The predicted octanol–water partition coefficient (Wildman–Crippen LogP) is 0.287. The van der Waals surface area contributed by atoms with E-state index in [1.807, 2.05) is 0 Å². The van der Waals surface area contributed by atoms with Crippen LogP contribution in [0.5, 0.6) is 0 Å². The van der Waals surface area contributed by atoms with E-state index in [2.05, 4.69) is 22.1 Å². The van der Waals surface area contributed by atoms with Gasteiger partial charge in [0.25, 0.3) is 5.91 Å². The normalized spacial score (nSPS) is 20.7. The molecule has 2 N–H and O–H groups in total. The highest BCUT2D eigenvalue weighted by Crippen LogP contribution is 2.17. The first-order valence-corrected chi connectivity index (χ1v) is 6.44. The monoisotopic (exact) mass is 255 g/mol. The van der Waals surface area contributed by atoms with Gasteiger partial charge in [-0.05, 0) is 26.4 Å². The highest BCUT2D eigenvalue weighted by atomic mass is 32.1. The second-order valence-electron chi connectivity index (χ2n) is 4.41.